The predicted molar refractivity (Wildman–Crippen MR) is 138 cm³/mol. The van der Waals surface area contributed by atoms with Crippen molar-refractivity contribution in [2.45, 2.75) is 96.1 Å². The van der Waals surface area contributed by atoms with E-state index in [1.165, 1.54) is 5.57 Å². The molecule has 3 saturated carbocycles. The van der Waals surface area contributed by atoms with Crippen molar-refractivity contribution < 1.29 is 19.5 Å². The quantitative estimate of drug-likeness (QED) is 0.411. The van der Waals surface area contributed by atoms with Gasteiger partial charge in [-0.15, -0.1) is 6.42 Å². The summed E-state index contributed by atoms with van der Waals surface area (Å²) in [6.45, 7) is 5.13. The fourth-order valence-corrected chi connectivity index (χ4v) is 8.38. The van der Waals surface area contributed by atoms with Gasteiger partial charge in [-0.2, -0.15) is 0 Å². The Morgan fingerprint density at radius 3 is 2.81 bits per heavy atom. The first-order valence-corrected chi connectivity index (χ1v) is 13.9. The van der Waals surface area contributed by atoms with Crippen molar-refractivity contribution in [2.75, 3.05) is 13.2 Å². The highest BCUT2D eigenvalue weighted by Gasteiger charge is 2.63. The number of oxime groups is 1. The van der Waals surface area contributed by atoms with Crippen molar-refractivity contribution in [1.29, 1.82) is 0 Å². The molecule has 0 aromatic carbocycles. The van der Waals surface area contributed by atoms with Crippen LogP contribution in [0.15, 0.2) is 16.8 Å². The number of nitrogens with one attached hydrogen (secondary N) is 2. The third-order valence-corrected chi connectivity index (χ3v) is 10.6. The van der Waals surface area contributed by atoms with Crippen LogP contribution in [0.4, 0.5) is 0 Å². The van der Waals surface area contributed by atoms with Crippen LogP contribution in [-0.2, 0) is 14.4 Å². The minimum Gasteiger partial charge on any atom is -0.385 e. The predicted octanol–water partition coefficient (Wildman–Crippen LogP) is 3.47. The molecule has 0 bridgehead atoms. The first-order valence-electron chi connectivity index (χ1n) is 13.9. The van der Waals surface area contributed by atoms with Crippen LogP contribution in [0.5, 0.6) is 0 Å². The molecule has 4 aliphatic carbocycles. The van der Waals surface area contributed by atoms with Crippen LogP contribution in [0.25, 0.3) is 0 Å². The number of allylic oxidation sites excluding steroid dienone is 2. The van der Waals surface area contributed by atoms with E-state index in [4.69, 9.17) is 11.3 Å². The topological polar surface area (TPSA) is 100 Å². The molecule has 1 saturated heterocycles. The van der Waals surface area contributed by atoms with Gasteiger partial charge in [0.25, 0.3) is 5.91 Å². The van der Waals surface area contributed by atoms with Crippen molar-refractivity contribution in [3.8, 4) is 12.3 Å². The van der Waals surface area contributed by atoms with Gasteiger partial charge in [-0.3, -0.25) is 9.59 Å². The zero-order valence-corrected chi connectivity index (χ0v) is 21.8. The largest absolute Gasteiger partial charge is 0.385 e. The van der Waals surface area contributed by atoms with Gasteiger partial charge in [0, 0.05) is 12.0 Å². The fourth-order valence-electron chi connectivity index (χ4n) is 8.38. The second-order valence-corrected chi connectivity index (χ2v) is 12.3. The molecule has 7 atom stereocenters. The number of hydrogen-bond acceptors (Lipinski definition) is 5. The van der Waals surface area contributed by atoms with E-state index in [9.17, 15) is 14.7 Å². The van der Waals surface area contributed by atoms with E-state index in [2.05, 4.69) is 41.6 Å². The molecule has 36 heavy (non-hydrogen) atoms. The highest BCUT2D eigenvalue weighted by molar-refractivity contribution is 5.96. The van der Waals surface area contributed by atoms with E-state index in [1.807, 2.05) is 0 Å². The molecule has 0 radical (unpaired) electrons. The number of hydrogen-bond donors (Lipinski definition) is 3. The molecule has 0 spiro atoms. The Labute approximate surface area is 214 Å². The van der Waals surface area contributed by atoms with Crippen LogP contribution < -0.4 is 10.6 Å². The van der Waals surface area contributed by atoms with Crippen molar-refractivity contribution in [2.24, 2.45) is 33.7 Å². The molecule has 4 fully saturated rings. The molecule has 1 aliphatic heterocycles. The van der Waals surface area contributed by atoms with E-state index >= 15 is 0 Å². The summed E-state index contributed by atoms with van der Waals surface area (Å²) in [6.07, 6.45) is 18.4. The van der Waals surface area contributed by atoms with Gasteiger partial charge in [0.2, 0.25) is 5.91 Å². The van der Waals surface area contributed by atoms with E-state index in [0.717, 1.165) is 69.9 Å². The van der Waals surface area contributed by atoms with Crippen molar-refractivity contribution in [1.82, 2.24) is 10.6 Å². The number of fused-ring (bicyclic) bond motifs is 5. The number of rotatable bonds is 4. The molecule has 7 nitrogen and oxygen atoms in total. The van der Waals surface area contributed by atoms with E-state index in [-0.39, 0.29) is 29.3 Å². The minimum atomic E-state index is -0.963. The second-order valence-electron chi connectivity index (χ2n) is 12.3. The lowest BCUT2D eigenvalue weighted by atomic mass is 9.46. The zero-order valence-electron chi connectivity index (χ0n) is 21.8. The summed E-state index contributed by atoms with van der Waals surface area (Å²) in [5, 5.41) is 21.1. The van der Waals surface area contributed by atoms with Crippen molar-refractivity contribution in [3.63, 3.8) is 0 Å². The summed E-state index contributed by atoms with van der Waals surface area (Å²) < 4.78 is 0. The van der Waals surface area contributed by atoms with Gasteiger partial charge in [0.15, 0.2) is 6.61 Å². The molecule has 0 aromatic rings. The fraction of sp³-hybridized carbons (Fsp3) is 0.759. The Hall–Kier alpha value is -2.33. The van der Waals surface area contributed by atoms with E-state index < -0.39 is 11.6 Å². The Morgan fingerprint density at radius 1 is 1.19 bits per heavy atom. The Bertz CT molecular complexity index is 1010. The zero-order chi connectivity index (χ0) is 25.6. The summed E-state index contributed by atoms with van der Waals surface area (Å²) in [4.78, 5) is 29.8. The maximum absolute atomic E-state index is 12.3. The van der Waals surface area contributed by atoms with Crippen LogP contribution in [0.2, 0.25) is 0 Å². The van der Waals surface area contributed by atoms with Crippen LogP contribution in [-0.4, -0.2) is 47.4 Å². The standard InChI is InChI=1S/C29H41N3O4/c1-4-29(35)15-12-23-21-9-8-19-17-20(10-13-27(19,2)22(21)11-14-28(23,29)3)32-36-18-25(33)31-24-7-5-6-16-30-26(24)34/h1,17,21-24,35H,5-16,18H2,2-3H3,(H,30,34)(H,31,33)/b32-20+/t21-,22+,23-,24-,27+,28+,29-/m1/s1. The van der Waals surface area contributed by atoms with Gasteiger partial charge in [-0.05, 0) is 99.9 Å². The monoisotopic (exact) mass is 495 g/mol. The lowest BCUT2D eigenvalue weighted by Gasteiger charge is -2.58. The number of amides is 2. The van der Waals surface area contributed by atoms with Crippen molar-refractivity contribution in [3.05, 3.63) is 11.6 Å². The summed E-state index contributed by atoms with van der Waals surface area (Å²) in [5.74, 6) is 4.03. The molecule has 7 heteroatoms. The highest BCUT2D eigenvalue weighted by Crippen LogP contribution is 2.67. The summed E-state index contributed by atoms with van der Waals surface area (Å²) in [7, 11) is 0. The van der Waals surface area contributed by atoms with Gasteiger partial charge >= 0.3 is 0 Å². The number of carbonyl (C=O) groups excluding carboxylic acids is 2. The first-order chi connectivity index (χ1) is 17.2. The normalized spacial score (nSPS) is 43.1. The number of nitrogens with zero attached hydrogens (tertiary/aromatic N) is 1. The Balaban J connectivity index is 1.21. The van der Waals surface area contributed by atoms with Crippen LogP contribution in [0.3, 0.4) is 0 Å². The lowest BCUT2D eigenvalue weighted by molar-refractivity contribution is -0.131. The molecule has 0 unspecified atom stereocenters. The van der Waals surface area contributed by atoms with Crippen LogP contribution >= 0.6 is 0 Å². The van der Waals surface area contributed by atoms with Gasteiger partial charge in [0.1, 0.15) is 11.6 Å². The van der Waals surface area contributed by atoms with Gasteiger partial charge < -0.3 is 20.6 Å². The number of carbonyl (C=O) groups is 2. The van der Waals surface area contributed by atoms with E-state index in [1.54, 1.807) is 0 Å². The Morgan fingerprint density at radius 2 is 2.00 bits per heavy atom. The second kappa shape index (κ2) is 9.52. The molecule has 0 aromatic heterocycles. The summed E-state index contributed by atoms with van der Waals surface area (Å²) in [6, 6.07) is -0.488. The molecular weight excluding hydrogens is 454 g/mol. The number of terminal acetylenes is 1. The van der Waals surface area contributed by atoms with Gasteiger partial charge in [0.05, 0.1) is 5.71 Å². The third kappa shape index (κ3) is 4.16. The van der Waals surface area contributed by atoms with Gasteiger partial charge in [-0.25, -0.2) is 0 Å². The Kier molecular flexibility index (Phi) is 6.70. The summed E-state index contributed by atoms with van der Waals surface area (Å²) in [5.41, 5.74) is 1.35. The summed E-state index contributed by atoms with van der Waals surface area (Å²) >= 11 is 0. The molecule has 2 amide bonds. The van der Waals surface area contributed by atoms with E-state index in [0.29, 0.717) is 30.7 Å². The highest BCUT2D eigenvalue weighted by atomic mass is 16.6. The minimum absolute atomic E-state index is 0.122. The van der Waals surface area contributed by atoms with Gasteiger partial charge in [-0.1, -0.05) is 30.5 Å². The van der Waals surface area contributed by atoms with Crippen molar-refractivity contribution >= 4 is 17.5 Å². The molecule has 1 heterocycles. The first kappa shape index (κ1) is 25.3. The van der Waals surface area contributed by atoms with Crippen LogP contribution in [0, 0.1) is 40.9 Å². The molecular formula is C29H41N3O4. The average molecular weight is 496 g/mol. The maximum Gasteiger partial charge on any atom is 0.261 e. The van der Waals surface area contributed by atoms with Crippen LogP contribution in [0.1, 0.15) is 84.5 Å². The smallest absolute Gasteiger partial charge is 0.261 e. The molecule has 5 rings (SSSR count). The lowest BCUT2D eigenvalue weighted by Crippen LogP contribution is -2.54. The average Bonchev–Trinajstić information content (AvgIpc) is 2.98. The molecule has 5 aliphatic rings. The third-order valence-electron chi connectivity index (χ3n) is 10.6. The molecule has 196 valence electrons. The maximum atomic E-state index is 12.3. The number of aliphatic hydroxyl groups is 1. The molecule has 3 N–H and O–H groups in total. The SMILES string of the molecule is C#C[C@@]1(O)CC[C@@H]2[C@@H]3CCC4=C/C(=N/OCC(=O)N[C@@H]5CCCCNC5=O)CC[C@]4(C)[C@H]3CC[C@@]21C.